The number of sulfone groups is 1. The summed E-state index contributed by atoms with van der Waals surface area (Å²) in [5, 5.41) is 2.77. The molecule has 3 nitrogen and oxygen atoms in total. The Labute approximate surface area is 104 Å². The van der Waals surface area contributed by atoms with Gasteiger partial charge in [0.25, 0.3) is 0 Å². The molecule has 0 aliphatic heterocycles. The van der Waals surface area contributed by atoms with Gasteiger partial charge in [-0.3, -0.25) is 0 Å². The third-order valence-corrected chi connectivity index (χ3v) is 3.30. The van der Waals surface area contributed by atoms with E-state index in [4.69, 9.17) is 0 Å². The van der Waals surface area contributed by atoms with E-state index < -0.39 is 27.3 Å². The van der Waals surface area contributed by atoms with Crippen LogP contribution in [0.4, 0.5) is 13.2 Å². The van der Waals surface area contributed by atoms with Gasteiger partial charge < -0.3 is 5.32 Å². The molecule has 1 N–H and O–H groups in total. The third kappa shape index (κ3) is 5.05. The quantitative estimate of drug-likeness (QED) is 0.637. The zero-order valence-corrected chi connectivity index (χ0v) is 10.7. The first-order valence-corrected chi connectivity index (χ1v) is 7.37. The summed E-state index contributed by atoms with van der Waals surface area (Å²) < 4.78 is 60.3. The lowest BCUT2D eigenvalue weighted by Crippen LogP contribution is -2.18. The van der Waals surface area contributed by atoms with Gasteiger partial charge in [0, 0.05) is 24.4 Å². The first-order chi connectivity index (χ1) is 8.29. The Hall–Kier alpha value is -1.08. The van der Waals surface area contributed by atoms with Crippen molar-refractivity contribution in [2.75, 3.05) is 18.6 Å². The Morgan fingerprint density at radius 2 is 1.72 bits per heavy atom. The van der Waals surface area contributed by atoms with E-state index in [2.05, 4.69) is 5.32 Å². The molecule has 0 aromatic heterocycles. The highest BCUT2D eigenvalue weighted by molar-refractivity contribution is 7.90. The molecule has 0 amide bonds. The Bertz CT molecular complexity index is 517. The summed E-state index contributed by atoms with van der Waals surface area (Å²) in [6.07, 6.45) is 1.51. The summed E-state index contributed by atoms with van der Waals surface area (Å²) in [6, 6.07) is 1.27. The fourth-order valence-corrected chi connectivity index (χ4v) is 2.05. The molecule has 0 unspecified atom stereocenters. The Morgan fingerprint density at radius 1 is 1.11 bits per heavy atom. The van der Waals surface area contributed by atoms with Crippen molar-refractivity contribution >= 4 is 9.84 Å². The molecule has 0 heterocycles. The van der Waals surface area contributed by atoms with Gasteiger partial charge in [0.05, 0.1) is 5.75 Å². The van der Waals surface area contributed by atoms with Gasteiger partial charge in [0.15, 0.2) is 11.6 Å². The SMILES string of the molecule is CS(=O)(=O)CCCNCc1cc(F)c(F)cc1F. The van der Waals surface area contributed by atoms with E-state index in [0.717, 1.165) is 12.3 Å². The molecule has 1 aromatic carbocycles. The average Bonchev–Trinajstić information content (AvgIpc) is 2.23. The number of halogens is 3. The summed E-state index contributed by atoms with van der Waals surface area (Å²) in [4.78, 5) is 0. The average molecular weight is 281 g/mol. The molecule has 1 rings (SSSR count). The zero-order chi connectivity index (χ0) is 13.8. The summed E-state index contributed by atoms with van der Waals surface area (Å²) in [5.74, 6) is -3.14. The number of benzene rings is 1. The largest absolute Gasteiger partial charge is 0.313 e. The highest BCUT2D eigenvalue weighted by Gasteiger charge is 2.09. The maximum atomic E-state index is 13.2. The standard InChI is InChI=1S/C11H14F3NO2S/c1-18(16,17)4-2-3-15-7-8-5-10(13)11(14)6-9(8)12/h5-6,15H,2-4,7H2,1H3. The second-order valence-corrected chi connectivity index (χ2v) is 6.28. The predicted octanol–water partition coefficient (Wildman–Crippen LogP) is 1.63. The molecule has 0 aliphatic rings. The van der Waals surface area contributed by atoms with Gasteiger partial charge >= 0.3 is 0 Å². The van der Waals surface area contributed by atoms with Crippen LogP contribution >= 0.6 is 0 Å². The molecule has 7 heteroatoms. The van der Waals surface area contributed by atoms with Crippen LogP contribution in [0.1, 0.15) is 12.0 Å². The van der Waals surface area contributed by atoms with Crippen molar-refractivity contribution in [1.29, 1.82) is 0 Å². The highest BCUT2D eigenvalue weighted by atomic mass is 32.2. The van der Waals surface area contributed by atoms with Crippen LogP contribution in [-0.2, 0) is 16.4 Å². The molecule has 0 fully saturated rings. The molecule has 0 radical (unpaired) electrons. The van der Waals surface area contributed by atoms with E-state index in [-0.39, 0.29) is 17.9 Å². The maximum absolute atomic E-state index is 13.2. The Morgan fingerprint density at radius 3 is 2.33 bits per heavy atom. The minimum atomic E-state index is -3.01. The van der Waals surface area contributed by atoms with Crippen molar-refractivity contribution in [3.8, 4) is 0 Å². The van der Waals surface area contributed by atoms with Crippen LogP contribution in [0, 0.1) is 17.5 Å². The fraction of sp³-hybridized carbons (Fsp3) is 0.455. The van der Waals surface area contributed by atoms with Gasteiger partial charge in [0.1, 0.15) is 15.7 Å². The molecular weight excluding hydrogens is 267 g/mol. The van der Waals surface area contributed by atoms with E-state index >= 15 is 0 Å². The Balaban J connectivity index is 2.43. The number of hydrogen-bond donors (Lipinski definition) is 1. The molecule has 0 saturated carbocycles. The summed E-state index contributed by atoms with van der Waals surface area (Å²) in [7, 11) is -3.01. The minimum Gasteiger partial charge on any atom is -0.313 e. The topological polar surface area (TPSA) is 46.2 Å². The van der Waals surface area contributed by atoms with Crippen LogP contribution in [0.3, 0.4) is 0 Å². The number of rotatable bonds is 6. The smallest absolute Gasteiger partial charge is 0.161 e. The first-order valence-electron chi connectivity index (χ1n) is 5.31. The molecule has 102 valence electrons. The van der Waals surface area contributed by atoms with Gasteiger partial charge in [0.2, 0.25) is 0 Å². The van der Waals surface area contributed by atoms with Crippen LogP contribution in [0.2, 0.25) is 0 Å². The summed E-state index contributed by atoms with van der Waals surface area (Å²) in [6.45, 7) is 0.373. The van der Waals surface area contributed by atoms with Crippen LogP contribution in [0.15, 0.2) is 12.1 Å². The van der Waals surface area contributed by atoms with E-state index in [0.29, 0.717) is 19.0 Å². The van der Waals surface area contributed by atoms with Crippen LogP contribution in [0.25, 0.3) is 0 Å². The lowest BCUT2D eigenvalue weighted by atomic mass is 10.2. The summed E-state index contributed by atoms with van der Waals surface area (Å²) >= 11 is 0. The van der Waals surface area contributed by atoms with Crippen molar-refractivity contribution in [3.05, 3.63) is 35.1 Å². The van der Waals surface area contributed by atoms with Crippen LogP contribution in [-0.4, -0.2) is 27.0 Å². The van der Waals surface area contributed by atoms with Gasteiger partial charge in [-0.2, -0.15) is 0 Å². The molecule has 0 atom stereocenters. The second-order valence-electron chi connectivity index (χ2n) is 4.02. The lowest BCUT2D eigenvalue weighted by Gasteiger charge is -2.06. The van der Waals surface area contributed by atoms with Crippen molar-refractivity contribution in [3.63, 3.8) is 0 Å². The monoisotopic (exact) mass is 281 g/mol. The van der Waals surface area contributed by atoms with E-state index in [1.54, 1.807) is 0 Å². The second kappa shape index (κ2) is 6.19. The van der Waals surface area contributed by atoms with Crippen LogP contribution in [0.5, 0.6) is 0 Å². The molecule has 0 bridgehead atoms. The van der Waals surface area contributed by atoms with Crippen molar-refractivity contribution < 1.29 is 21.6 Å². The van der Waals surface area contributed by atoms with Gasteiger partial charge in [-0.05, 0) is 19.0 Å². The third-order valence-electron chi connectivity index (χ3n) is 2.27. The normalized spacial score (nSPS) is 11.8. The van der Waals surface area contributed by atoms with Crippen molar-refractivity contribution in [1.82, 2.24) is 5.32 Å². The predicted molar refractivity (Wildman–Crippen MR) is 62.4 cm³/mol. The Kier molecular flexibility index (Phi) is 5.15. The van der Waals surface area contributed by atoms with Crippen LogP contribution < -0.4 is 5.32 Å². The highest BCUT2D eigenvalue weighted by Crippen LogP contribution is 2.13. The van der Waals surface area contributed by atoms with Gasteiger partial charge in [-0.1, -0.05) is 0 Å². The number of nitrogens with one attached hydrogen (secondary N) is 1. The molecule has 18 heavy (non-hydrogen) atoms. The molecule has 1 aromatic rings. The molecule has 0 spiro atoms. The maximum Gasteiger partial charge on any atom is 0.161 e. The zero-order valence-electron chi connectivity index (χ0n) is 9.84. The van der Waals surface area contributed by atoms with E-state index in [1.165, 1.54) is 0 Å². The van der Waals surface area contributed by atoms with Crippen molar-refractivity contribution in [2.24, 2.45) is 0 Å². The fourth-order valence-electron chi connectivity index (χ4n) is 1.38. The van der Waals surface area contributed by atoms with Gasteiger partial charge in [-0.25, -0.2) is 21.6 Å². The van der Waals surface area contributed by atoms with E-state index in [1.807, 2.05) is 0 Å². The van der Waals surface area contributed by atoms with Crippen molar-refractivity contribution in [2.45, 2.75) is 13.0 Å². The van der Waals surface area contributed by atoms with Gasteiger partial charge in [-0.15, -0.1) is 0 Å². The minimum absolute atomic E-state index is 0.00764. The molecular formula is C11H14F3NO2S. The lowest BCUT2D eigenvalue weighted by molar-refractivity contribution is 0.486. The van der Waals surface area contributed by atoms with E-state index in [9.17, 15) is 21.6 Å². The molecule has 0 saturated heterocycles. The first kappa shape index (κ1) is 15.0. The number of hydrogen-bond acceptors (Lipinski definition) is 3. The molecule has 0 aliphatic carbocycles. The summed E-state index contributed by atoms with van der Waals surface area (Å²) in [5.41, 5.74) is 0.00764.